The van der Waals surface area contributed by atoms with Gasteiger partial charge in [0.25, 0.3) is 5.91 Å². The molecule has 1 aliphatic heterocycles. The minimum absolute atomic E-state index is 0.0368. The first-order valence-electron chi connectivity index (χ1n) is 6.72. The second-order valence-corrected chi connectivity index (χ2v) is 5.11. The van der Waals surface area contributed by atoms with Crippen LogP contribution in [-0.2, 0) is 0 Å². The fourth-order valence-electron chi connectivity index (χ4n) is 2.52. The number of methoxy groups -OCH3 is 1. The number of ether oxygens (including phenoxy) is 1. The van der Waals surface area contributed by atoms with E-state index in [0.717, 1.165) is 31.6 Å². The maximum atomic E-state index is 12.6. The number of likely N-dealkylation sites (N-methyl/N-ethyl adjacent to an activating group) is 1. The third-order valence-corrected chi connectivity index (χ3v) is 3.79. The smallest absolute Gasteiger partial charge is 0.254 e. The van der Waals surface area contributed by atoms with Crippen LogP contribution in [0.1, 0.15) is 10.4 Å². The van der Waals surface area contributed by atoms with Crippen LogP contribution in [0.25, 0.3) is 11.0 Å². The van der Waals surface area contributed by atoms with Crippen molar-refractivity contribution >= 4 is 16.9 Å². The summed E-state index contributed by atoms with van der Waals surface area (Å²) in [4.78, 5) is 16.7. The molecule has 1 aliphatic rings. The highest BCUT2D eigenvalue weighted by Crippen LogP contribution is 2.29. The summed E-state index contributed by atoms with van der Waals surface area (Å²) in [7, 11) is 3.67. The molecule has 0 N–H and O–H groups in total. The molecule has 20 heavy (non-hydrogen) atoms. The summed E-state index contributed by atoms with van der Waals surface area (Å²) >= 11 is 0. The standard InChI is InChI=1S/C15H18N2O3/c1-16-4-6-17(7-5-16)15(18)11-9-13(19-2)12-3-8-20-14(12)10-11/h3,8-10H,4-7H2,1-2H3. The zero-order chi connectivity index (χ0) is 14.1. The number of hydrogen-bond donors (Lipinski definition) is 0. The molecule has 0 saturated carbocycles. The van der Waals surface area contributed by atoms with Gasteiger partial charge in [0.1, 0.15) is 11.3 Å². The molecule has 3 rings (SSSR count). The Kier molecular flexibility index (Phi) is 3.36. The number of carbonyl (C=O) groups excluding carboxylic acids is 1. The van der Waals surface area contributed by atoms with Crippen LogP contribution in [0.3, 0.4) is 0 Å². The van der Waals surface area contributed by atoms with E-state index >= 15 is 0 Å². The van der Waals surface area contributed by atoms with Gasteiger partial charge in [-0.3, -0.25) is 4.79 Å². The van der Waals surface area contributed by atoms with Crippen molar-refractivity contribution < 1.29 is 13.9 Å². The average molecular weight is 274 g/mol. The van der Waals surface area contributed by atoms with Gasteiger partial charge in [-0.05, 0) is 25.2 Å². The topological polar surface area (TPSA) is 45.9 Å². The fourth-order valence-corrected chi connectivity index (χ4v) is 2.52. The molecular formula is C15H18N2O3. The van der Waals surface area contributed by atoms with E-state index in [1.165, 1.54) is 0 Å². The van der Waals surface area contributed by atoms with E-state index in [2.05, 4.69) is 11.9 Å². The number of piperazine rings is 1. The highest BCUT2D eigenvalue weighted by molar-refractivity contribution is 5.99. The lowest BCUT2D eigenvalue weighted by Crippen LogP contribution is -2.47. The van der Waals surface area contributed by atoms with E-state index in [9.17, 15) is 4.79 Å². The van der Waals surface area contributed by atoms with E-state index in [0.29, 0.717) is 16.9 Å². The second kappa shape index (κ2) is 5.17. The molecule has 5 heteroatoms. The van der Waals surface area contributed by atoms with Crippen LogP contribution < -0.4 is 4.74 Å². The van der Waals surface area contributed by atoms with Gasteiger partial charge in [-0.2, -0.15) is 0 Å². The first-order chi connectivity index (χ1) is 9.69. The molecule has 0 radical (unpaired) electrons. The predicted octanol–water partition coefficient (Wildman–Crippen LogP) is 1.83. The molecule has 0 atom stereocenters. The summed E-state index contributed by atoms with van der Waals surface area (Å²) in [6.07, 6.45) is 1.61. The number of fused-ring (bicyclic) bond motifs is 1. The maximum absolute atomic E-state index is 12.6. The Hall–Kier alpha value is -2.01. The Morgan fingerprint density at radius 1 is 1.25 bits per heavy atom. The van der Waals surface area contributed by atoms with Gasteiger partial charge >= 0.3 is 0 Å². The summed E-state index contributed by atoms with van der Waals surface area (Å²) in [5.41, 5.74) is 1.30. The molecule has 1 saturated heterocycles. The molecule has 1 fully saturated rings. The number of nitrogens with zero attached hydrogens (tertiary/aromatic N) is 2. The number of carbonyl (C=O) groups is 1. The molecular weight excluding hydrogens is 256 g/mol. The van der Waals surface area contributed by atoms with Gasteiger partial charge in [-0.25, -0.2) is 0 Å². The normalized spacial score (nSPS) is 16.6. The van der Waals surface area contributed by atoms with Crippen molar-refractivity contribution in [3.8, 4) is 5.75 Å². The van der Waals surface area contributed by atoms with Crippen molar-refractivity contribution in [1.82, 2.24) is 9.80 Å². The molecule has 1 aromatic carbocycles. The lowest BCUT2D eigenvalue weighted by Gasteiger charge is -2.32. The molecule has 1 amide bonds. The number of furan rings is 1. The molecule has 5 nitrogen and oxygen atoms in total. The Bertz CT molecular complexity index is 627. The van der Waals surface area contributed by atoms with Crippen molar-refractivity contribution in [2.45, 2.75) is 0 Å². The molecule has 0 unspecified atom stereocenters. The third kappa shape index (κ3) is 2.25. The van der Waals surface area contributed by atoms with Crippen LogP contribution >= 0.6 is 0 Å². The highest BCUT2D eigenvalue weighted by atomic mass is 16.5. The number of hydrogen-bond acceptors (Lipinski definition) is 4. The minimum Gasteiger partial charge on any atom is -0.496 e. The van der Waals surface area contributed by atoms with Crippen molar-refractivity contribution in [2.24, 2.45) is 0 Å². The highest BCUT2D eigenvalue weighted by Gasteiger charge is 2.22. The van der Waals surface area contributed by atoms with Crippen molar-refractivity contribution in [3.05, 3.63) is 30.0 Å². The van der Waals surface area contributed by atoms with Gasteiger partial charge in [0.2, 0.25) is 0 Å². The van der Waals surface area contributed by atoms with E-state index in [1.54, 1.807) is 25.5 Å². The Morgan fingerprint density at radius 2 is 2.00 bits per heavy atom. The number of rotatable bonds is 2. The monoisotopic (exact) mass is 274 g/mol. The van der Waals surface area contributed by atoms with E-state index in [4.69, 9.17) is 9.15 Å². The lowest BCUT2D eigenvalue weighted by molar-refractivity contribution is 0.0664. The van der Waals surface area contributed by atoms with Crippen molar-refractivity contribution in [3.63, 3.8) is 0 Å². The van der Waals surface area contributed by atoms with Crippen LogP contribution in [0.4, 0.5) is 0 Å². The lowest BCUT2D eigenvalue weighted by atomic mass is 10.1. The minimum atomic E-state index is 0.0368. The molecule has 0 spiro atoms. The van der Waals surface area contributed by atoms with Gasteiger partial charge in [-0.15, -0.1) is 0 Å². The fraction of sp³-hybridized carbons (Fsp3) is 0.400. The maximum Gasteiger partial charge on any atom is 0.254 e. The summed E-state index contributed by atoms with van der Waals surface area (Å²) in [6.45, 7) is 3.33. The molecule has 0 bridgehead atoms. The quantitative estimate of drug-likeness (QED) is 0.838. The van der Waals surface area contributed by atoms with Crippen LogP contribution in [0.5, 0.6) is 5.75 Å². The zero-order valence-corrected chi connectivity index (χ0v) is 11.8. The van der Waals surface area contributed by atoms with Crippen LogP contribution in [-0.4, -0.2) is 56.0 Å². The third-order valence-electron chi connectivity index (χ3n) is 3.79. The molecule has 0 aliphatic carbocycles. The van der Waals surface area contributed by atoms with Crippen LogP contribution in [0.15, 0.2) is 28.9 Å². The molecule has 2 heterocycles. The van der Waals surface area contributed by atoms with Gasteiger partial charge in [0.05, 0.1) is 18.8 Å². The van der Waals surface area contributed by atoms with Crippen LogP contribution in [0, 0.1) is 0 Å². The molecule has 1 aromatic heterocycles. The summed E-state index contributed by atoms with van der Waals surface area (Å²) in [5.74, 6) is 0.712. The molecule has 106 valence electrons. The first-order valence-corrected chi connectivity index (χ1v) is 6.72. The van der Waals surface area contributed by atoms with E-state index in [1.807, 2.05) is 11.0 Å². The van der Waals surface area contributed by atoms with E-state index < -0.39 is 0 Å². The van der Waals surface area contributed by atoms with Gasteiger partial charge in [0.15, 0.2) is 0 Å². The zero-order valence-electron chi connectivity index (χ0n) is 11.8. The SMILES string of the molecule is COc1cc(C(=O)N2CCN(C)CC2)cc2occc12. The average Bonchev–Trinajstić information content (AvgIpc) is 2.94. The number of amides is 1. The second-order valence-electron chi connectivity index (χ2n) is 5.11. The molecule has 2 aromatic rings. The Balaban J connectivity index is 1.91. The van der Waals surface area contributed by atoms with Crippen molar-refractivity contribution in [2.75, 3.05) is 40.3 Å². The summed E-state index contributed by atoms with van der Waals surface area (Å²) in [6, 6.07) is 5.43. The van der Waals surface area contributed by atoms with Gasteiger partial charge < -0.3 is 19.0 Å². The van der Waals surface area contributed by atoms with Gasteiger partial charge in [-0.1, -0.05) is 0 Å². The summed E-state index contributed by atoms with van der Waals surface area (Å²) < 4.78 is 10.7. The summed E-state index contributed by atoms with van der Waals surface area (Å²) in [5, 5.41) is 0.891. The van der Waals surface area contributed by atoms with E-state index in [-0.39, 0.29) is 5.91 Å². The Labute approximate surface area is 117 Å². The van der Waals surface area contributed by atoms with Crippen molar-refractivity contribution in [1.29, 1.82) is 0 Å². The largest absolute Gasteiger partial charge is 0.496 e. The Morgan fingerprint density at radius 3 is 2.70 bits per heavy atom. The predicted molar refractivity (Wildman–Crippen MR) is 76.2 cm³/mol. The first kappa shape index (κ1) is 13.0. The van der Waals surface area contributed by atoms with Crippen LogP contribution in [0.2, 0.25) is 0 Å². The number of benzene rings is 1. The van der Waals surface area contributed by atoms with Gasteiger partial charge in [0, 0.05) is 31.7 Å².